The molecule has 6 nitrogen and oxygen atoms in total. The Kier molecular flexibility index (Phi) is 5.55. The number of amides is 1. The second kappa shape index (κ2) is 8.28. The van der Waals surface area contributed by atoms with Crippen molar-refractivity contribution in [3.8, 4) is 0 Å². The van der Waals surface area contributed by atoms with Crippen LogP contribution in [0.1, 0.15) is 60.6 Å². The van der Waals surface area contributed by atoms with E-state index in [4.69, 9.17) is 9.15 Å². The number of fused-ring (bicyclic) bond motifs is 1. The topological polar surface area (TPSA) is 85.6 Å². The molecule has 1 aliphatic rings. The van der Waals surface area contributed by atoms with Crippen molar-refractivity contribution in [1.82, 2.24) is 0 Å². The molecule has 0 saturated carbocycles. The van der Waals surface area contributed by atoms with E-state index in [1.807, 2.05) is 12.1 Å². The predicted octanol–water partition coefficient (Wildman–Crippen LogP) is 4.82. The van der Waals surface area contributed by atoms with Gasteiger partial charge in [0.25, 0.3) is 5.91 Å². The Morgan fingerprint density at radius 2 is 1.93 bits per heavy atom. The number of aryl methyl sites for hydroxylation is 3. The monoisotopic (exact) mass is 423 g/mol. The molecule has 0 spiro atoms. The third-order valence-corrected chi connectivity index (χ3v) is 6.25. The van der Waals surface area contributed by atoms with Gasteiger partial charge in [0.15, 0.2) is 11.9 Å². The summed E-state index contributed by atoms with van der Waals surface area (Å²) in [5, 5.41) is 3.20. The highest BCUT2D eigenvalue weighted by molar-refractivity contribution is 7.18. The zero-order valence-electron chi connectivity index (χ0n) is 16.7. The van der Waals surface area contributed by atoms with Gasteiger partial charge >= 0.3 is 5.97 Å². The van der Waals surface area contributed by atoms with Crippen molar-refractivity contribution in [3.63, 3.8) is 0 Å². The van der Waals surface area contributed by atoms with Crippen LogP contribution in [0.4, 0.5) is 5.00 Å². The number of thiophene rings is 1. The maximum absolute atomic E-state index is 12.7. The lowest BCUT2D eigenvalue weighted by Gasteiger charge is -2.13. The number of esters is 1. The van der Waals surface area contributed by atoms with E-state index in [2.05, 4.69) is 5.32 Å². The third-order valence-electron chi connectivity index (χ3n) is 5.12. The molecular weight excluding hydrogens is 402 g/mol. The summed E-state index contributed by atoms with van der Waals surface area (Å²) in [7, 11) is 0. The molecule has 1 amide bonds. The summed E-state index contributed by atoms with van der Waals surface area (Å²) in [4.78, 5) is 37.8. The summed E-state index contributed by atoms with van der Waals surface area (Å²) >= 11 is 1.10. The Hall–Kier alpha value is -3.19. The Morgan fingerprint density at radius 3 is 2.70 bits per heavy atom. The quantitative estimate of drug-likeness (QED) is 0.454. The lowest BCUT2D eigenvalue weighted by Crippen LogP contribution is -2.24. The number of benzene rings is 1. The highest BCUT2D eigenvalue weighted by Crippen LogP contribution is 2.29. The van der Waals surface area contributed by atoms with E-state index < -0.39 is 18.0 Å². The van der Waals surface area contributed by atoms with Crippen LogP contribution in [0.2, 0.25) is 0 Å². The molecule has 0 radical (unpaired) electrons. The Labute approximate surface area is 177 Å². The first-order valence-corrected chi connectivity index (χ1v) is 10.6. The Bertz CT molecular complexity index is 1110. The molecule has 1 atom stereocenters. The minimum Gasteiger partial charge on any atom is -0.459 e. The molecule has 154 valence electrons. The summed E-state index contributed by atoms with van der Waals surface area (Å²) in [6, 6.07) is 10.6. The van der Waals surface area contributed by atoms with Crippen LogP contribution in [0.3, 0.4) is 0 Å². The van der Waals surface area contributed by atoms with Crippen LogP contribution in [0.25, 0.3) is 0 Å². The van der Waals surface area contributed by atoms with Gasteiger partial charge in [-0.25, -0.2) is 4.79 Å². The van der Waals surface area contributed by atoms with E-state index >= 15 is 0 Å². The minimum absolute atomic E-state index is 0.179. The summed E-state index contributed by atoms with van der Waals surface area (Å²) in [5.41, 5.74) is 3.71. The van der Waals surface area contributed by atoms with Gasteiger partial charge in [-0.05, 0) is 74.1 Å². The summed E-state index contributed by atoms with van der Waals surface area (Å²) < 4.78 is 10.5. The normalized spacial score (nSPS) is 13.5. The fourth-order valence-electron chi connectivity index (χ4n) is 3.56. The summed E-state index contributed by atoms with van der Waals surface area (Å²) in [6.45, 7) is 3.33. The number of nitrogens with one attached hydrogen (secondary N) is 1. The first kappa shape index (κ1) is 20.1. The second-order valence-corrected chi connectivity index (χ2v) is 8.36. The van der Waals surface area contributed by atoms with Crippen LogP contribution in [0.15, 0.2) is 47.1 Å². The van der Waals surface area contributed by atoms with E-state index in [0.29, 0.717) is 21.0 Å². The SMILES string of the molecule is Cc1cc(NC(=O)c2ccco2)sc1C(=O)OC(C)C(=O)c1ccc2c(c1)CCC2. The molecule has 1 N–H and O–H groups in total. The number of carbonyl (C=O) groups is 3. The van der Waals surface area contributed by atoms with Crippen LogP contribution in [-0.4, -0.2) is 23.8 Å². The molecule has 0 bridgehead atoms. The van der Waals surface area contributed by atoms with Gasteiger partial charge in [-0.15, -0.1) is 11.3 Å². The first-order chi connectivity index (χ1) is 14.4. The maximum Gasteiger partial charge on any atom is 0.349 e. The highest BCUT2D eigenvalue weighted by Gasteiger charge is 2.24. The zero-order chi connectivity index (χ0) is 21.3. The van der Waals surface area contributed by atoms with Gasteiger partial charge in [-0.3, -0.25) is 9.59 Å². The number of hydrogen-bond acceptors (Lipinski definition) is 6. The van der Waals surface area contributed by atoms with Gasteiger partial charge in [0, 0.05) is 5.56 Å². The van der Waals surface area contributed by atoms with E-state index in [9.17, 15) is 14.4 Å². The van der Waals surface area contributed by atoms with Crippen LogP contribution in [-0.2, 0) is 17.6 Å². The highest BCUT2D eigenvalue weighted by atomic mass is 32.1. The van der Waals surface area contributed by atoms with Crippen molar-refractivity contribution in [1.29, 1.82) is 0 Å². The van der Waals surface area contributed by atoms with Crippen LogP contribution in [0, 0.1) is 6.92 Å². The molecule has 1 aromatic carbocycles. The second-order valence-electron chi connectivity index (χ2n) is 7.30. The summed E-state index contributed by atoms with van der Waals surface area (Å²) in [5.74, 6) is -1.03. The van der Waals surface area contributed by atoms with Crippen molar-refractivity contribution in [2.45, 2.75) is 39.2 Å². The summed E-state index contributed by atoms with van der Waals surface area (Å²) in [6.07, 6.45) is 3.64. The molecule has 30 heavy (non-hydrogen) atoms. The number of furan rings is 1. The van der Waals surface area contributed by atoms with Crippen molar-refractivity contribution >= 4 is 34.0 Å². The van der Waals surface area contributed by atoms with E-state index in [0.717, 1.165) is 30.6 Å². The van der Waals surface area contributed by atoms with Gasteiger partial charge in [0.2, 0.25) is 5.78 Å². The standard InChI is InChI=1S/C23H21NO5S/c1-13-11-19(24-22(26)18-7-4-10-28-18)30-21(13)23(27)29-14(2)20(25)17-9-8-15-5-3-6-16(15)12-17/h4,7-12,14H,3,5-6H2,1-2H3,(H,24,26). The molecular formula is C23H21NO5S. The van der Waals surface area contributed by atoms with Gasteiger partial charge in [-0.1, -0.05) is 12.1 Å². The molecule has 3 aromatic rings. The van der Waals surface area contributed by atoms with Crippen LogP contribution >= 0.6 is 11.3 Å². The molecule has 4 rings (SSSR count). The average molecular weight is 423 g/mol. The minimum atomic E-state index is -0.903. The van der Waals surface area contributed by atoms with E-state index in [-0.39, 0.29) is 11.5 Å². The smallest absolute Gasteiger partial charge is 0.349 e. The van der Waals surface area contributed by atoms with Gasteiger partial charge in [0.05, 0.1) is 11.3 Å². The number of carbonyl (C=O) groups excluding carboxylic acids is 3. The fraction of sp³-hybridized carbons (Fsp3) is 0.261. The average Bonchev–Trinajstić information content (AvgIpc) is 3.47. The number of anilines is 1. The Morgan fingerprint density at radius 1 is 1.13 bits per heavy atom. The predicted molar refractivity (Wildman–Crippen MR) is 113 cm³/mol. The molecule has 2 heterocycles. The molecule has 2 aromatic heterocycles. The van der Waals surface area contributed by atoms with Crippen molar-refractivity contribution in [2.75, 3.05) is 5.32 Å². The number of Topliss-reactive ketones (excluding diaryl/α,β-unsaturated/α-hetero) is 1. The van der Waals surface area contributed by atoms with Gasteiger partial charge in [0.1, 0.15) is 4.88 Å². The zero-order valence-corrected chi connectivity index (χ0v) is 17.5. The van der Waals surface area contributed by atoms with Crippen LogP contribution in [0.5, 0.6) is 0 Å². The van der Waals surface area contributed by atoms with Crippen molar-refractivity contribution in [3.05, 3.63) is 75.6 Å². The Balaban J connectivity index is 1.42. The van der Waals surface area contributed by atoms with Crippen molar-refractivity contribution < 1.29 is 23.5 Å². The van der Waals surface area contributed by atoms with E-state index in [1.54, 1.807) is 38.1 Å². The maximum atomic E-state index is 12.7. The molecule has 1 unspecified atom stereocenters. The number of ketones is 1. The number of rotatable bonds is 6. The largest absolute Gasteiger partial charge is 0.459 e. The van der Waals surface area contributed by atoms with E-state index in [1.165, 1.54) is 17.4 Å². The first-order valence-electron chi connectivity index (χ1n) is 9.74. The number of ether oxygens (including phenoxy) is 1. The van der Waals surface area contributed by atoms with Crippen molar-refractivity contribution in [2.24, 2.45) is 0 Å². The molecule has 1 aliphatic carbocycles. The molecule has 0 saturated heterocycles. The fourth-order valence-corrected chi connectivity index (χ4v) is 4.51. The van der Waals surface area contributed by atoms with Gasteiger partial charge in [-0.2, -0.15) is 0 Å². The lowest BCUT2D eigenvalue weighted by molar-refractivity contribution is 0.0323. The molecule has 0 aliphatic heterocycles. The van der Waals surface area contributed by atoms with Crippen LogP contribution < -0.4 is 5.32 Å². The number of hydrogen-bond donors (Lipinski definition) is 1. The van der Waals surface area contributed by atoms with Gasteiger partial charge < -0.3 is 14.5 Å². The third kappa shape index (κ3) is 4.07. The molecule has 0 fully saturated rings. The lowest BCUT2D eigenvalue weighted by atomic mass is 10.0. The molecule has 7 heteroatoms.